The van der Waals surface area contributed by atoms with Crippen LogP contribution in [0.4, 0.5) is 5.69 Å². The normalized spacial score (nSPS) is 11.2. The maximum atomic E-state index is 11.5. The number of aryl methyl sites for hydroxylation is 1. The van der Waals surface area contributed by atoms with Crippen molar-refractivity contribution in [3.05, 3.63) is 56.5 Å². The zero-order valence-electron chi connectivity index (χ0n) is 11.7. The monoisotopic (exact) mass is 385 g/mol. The second-order valence-electron chi connectivity index (χ2n) is 4.69. The topological polar surface area (TPSA) is 86.5 Å². The summed E-state index contributed by atoms with van der Waals surface area (Å²) in [6.45, 7) is 1.90. The summed E-state index contributed by atoms with van der Waals surface area (Å²) in [4.78, 5) is 10.3. The zero-order valence-corrected chi connectivity index (χ0v) is 14.1. The highest BCUT2D eigenvalue weighted by atomic mass is 79.9. The Labute approximate surface area is 135 Å². The van der Waals surface area contributed by atoms with Gasteiger partial charge in [-0.1, -0.05) is 6.07 Å². The van der Waals surface area contributed by atoms with Crippen LogP contribution in [0, 0.1) is 17.0 Å². The van der Waals surface area contributed by atoms with Crippen LogP contribution in [0.15, 0.2) is 45.8 Å². The molecule has 0 atom stereocenters. The summed E-state index contributed by atoms with van der Waals surface area (Å²) in [5, 5.41) is 11.1. The van der Waals surface area contributed by atoms with E-state index in [0.717, 1.165) is 17.9 Å². The van der Waals surface area contributed by atoms with Crippen LogP contribution >= 0.6 is 15.9 Å². The predicted octanol–water partition coefficient (Wildman–Crippen LogP) is 3.86. The molecule has 0 heterocycles. The fourth-order valence-corrected chi connectivity index (χ4v) is 2.98. The van der Waals surface area contributed by atoms with Crippen molar-refractivity contribution in [1.82, 2.24) is 0 Å². The van der Waals surface area contributed by atoms with Gasteiger partial charge < -0.3 is 4.74 Å². The maximum absolute atomic E-state index is 11.5. The number of ether oxygens (including phenoxy) is 1. The van der Waals surface area contributed by atoms with Crippen LogP contribution in [0.5, 0.6) is 11.5 Å². The number of halogens is 1. The van der Waals surface area contributed by atoms with Crippen LogP contribution in [0.3, 0.4) is 0 Å². The number of hydrogen-bond acceptors (Lipinski definition) is 5. The Morgan fingerprint density at radius 2 is 1.77 bits per heavy atom. The molecule has 0 aromatic heterocycles. The fourth-order valence-electron chi connectivity index (χ4n) is 1.76. The van der Waals surface area contributed by atoms with Gasteiger partial charge in [-0.3, -0.25) is 10.1 Å². The van der Waals surface area contributed by atoms with Gasteiger partial charge in [0.05, 0.1) is 14.3 Å². The largest absolute Gasteiger partial charge is 0.449 e. The molecule has 0 unspecified atom stereocenters. The maximum Gasteiger partial charge on any atom is 0.312 e. The first-order valence-electron chi connectivity index (χ1n) is 6.11. The number of nitro benzene ring substituents is 1. The molecule has 0 saturated heterocycles. The summed E-state index contributed by atoms with van der Waals surface area (Å²) in [6.07, 6.45) is 0.989. The van der Waals surface area contributed by atoms with Crippen molar-refractivity contribution in [2.75, 3.05) is 6.26 Å². The third kappa shape index (κ3) is 3.63. The van der Waals surface area contributed by atoms with E-state index in [0.29, 0.717) is 10.2 Å². The average molecular weight is 386 g/mol. The Morgan fingerprint density at radius 3 is 2.32 bits per heavy atom. The lowest BCUT2D eigenvalue weighted by molar-refractivity contribution is -0.385. The highest BCUT2D eigenvalue weighted by Gasteiger charge is 2.21. The van der Waals surface area contributed by atoms with Gasteiger partial charge in [0.15, 0.2) is 9.84 Å². The van der Waals surface area contributed by atoms with Crippen LogP contribution in [-0.4, -0.2) is 19.6 Å². The Bertz CT molecular complexity index is 848. The van der Waals surface area contributed by atoms with Crippen molar-refractivity contribution in [2.45, 2.75) is 11.8 Å². The minimum atomic E-state index is -3.53. The molecule has 0 saturated carbocycles. The quantitative estimate of drug-likeness (QED) is 0.588. The van der Waals surface area contributed by atoms with Gasteiger partial charge in [-0.15, -0.1) is 0 Å². The van der Waals surface area contributed by atoms with Gasteiger partial charge in [-0.05, 0) is 52.7 Å². The molecule has 22 heavy (non-hydrogen) atoms. The third-order valence-electron chi connectivity index (χ3n) is 2.86. The molecule has 0 fully saturated rings. The van der Waals surface area contributed by atoms with E-state index in [-0.39, 0.29) is 10.6 Å². The van der Waals surface area contributed by atoms with Crippen molar-refractivity contribution in [2.24, 2.45) is 0 Å². The van der Waals surface area contributed by atoms with Crippen LogP contribution in [-0.2, 0) is 9.84 Å². The number of nitro groups is 1. The predicted molar refractivity (Wildman–Crippen MR) is 85.2 cm³/mol. The summed E-state index contributed by atoms with van der Waals surface area (Å²) in [5.41, 5.74) is 0.594. The number of rotatable bonds is 4. The SMILES string of the molecule is Cc1ccc(Oc2ccc(S(C)(=O)=O)cc2[N+](=O)[O-])c(Br)c1. The van der Waals surface area contributed by atoms with Gasteiger partial charge in [-0.2, -0.15) is 0 Å². The lowest BCUT2D eigenvalue weighted by Crippen LogP contribution is -2.00. The molecule has 0 radical (unpaired) electrons. The molecule has 2 aromatic rings. The van der Waals surface area contributed by atoms with Crippen LogP contribution in [0.1, 0.15) is 5.56 Å². The van der Waals surface area contributed by atoms with Crippen molar-refractivity contribution in [3.63, 3.8) is 0 Å². The van der Waals surface area contributed by atoms with Crippen LogP contribution in [0.2, 0.25) is 0 Å². The number of sulfone groups is 1. The molecule has 0 amide bonds. The Balaban J connectivity index is 2.49. The minimum Gasteiger partial charge on any atom is -0.449 e. The third-order valence-corrected chi connectivity index (χ3v) is 4.59. The fraction of sp³-hybridized carbons (Fsp3) is 0.143. The van der Waals surface area contributed by atoms with Crippen molar-refractivity contribution >= 4 is 31.5 Å². The molecule has 0 N–H and O–H groups in total. The van der Waals surface area contributed by atoms with E-state index in [1.54, 1.807) is 12.1 Å². The summed E-state index contributed by atoms with van der Waals surface area (Å²) in [5.74, 6) is 0.378. The highest BCUT2D eigenvalue weighted by Crippen LogP contribution is 2.36. The number of benzene rings is 2. The van der Waals surface area contributed by atoms with Gasteiger partial charge in [-0.25, -0.2) is 8.42 Å². The Hall–Kier alpha value is -1.93. The molecule has 0 aliphatic carbocycles. The summed E-state index contributed by atoms with van der Waals surface area (Å²) in [6, 6.07) is 8.84. The van der Waals surface area contributed by atoms with E-state index < -0.39 is 20.4 Å². The standard InChI is InChI=1S/C14H12BrNO5S/c1-9-3-5-13(11(15)7-9)21-14-6-4-10(22(2,19)20)8-12(14)16(17)18/h3-8H,1-2H3. The molecule has 0 spiro atoms. The van der Waals surface area contributed by atoms with Crippen LogP contribution < -0.4 is 4.74 Å². The lowest BCUT2D eigenvalue weighted by Gasteiger charge is -2.09. The Kier molecular flexibility index (Phi) is 4.52. The van der Waals surface area contributed by atoms with Gasteiger partial charge in [0.1, 0.15) is 5.75 Å². The highest BCUT2D eigenvalue weighted by molar-refractivity contribution is 9.10. The molecule has 2 aromatic carbocycles. The number of nitrogens with zero attached hydrogens (tertiary/aromatic N) is 1. The first kappa shape index (κ1) is 16.4. The number of hydrogen-bond donors (Lipinski definition) is 0. The molecule has 0 bridgehead atoms. The summed E-state index contributed by atoms with van der Waals surface area (Å²) in [7, 11) is -3.53. The molecule has 0 aliphatic heterocycles. The second-order valence-corrected chi connectivity index (χ2v) is 7.56. The Morgan fingerprint density at radius 1 is 1.14 bits per heavy atom. The first-order chi connectivity index (χ1) is 10.2. The molecule has 2 rings (SSSR count). The minimum absolute atomic E-state index is 0.0260. The van der Waals surface area contributed by atoms with Gasteiger partial charge in [0.2, 0.25) is 5.75 Å². The molecular formula is C14H12BrNO5S. The first-order valence-corrected chi connectivity index (χ1v) is 8.79. The van der Waals surface area contributed by atoms with Gasteiger partial charge >= 0.3 is 5.69 Å². The summed E-state index contributed by atoms with van der Waals surface area (Å²) >= 11 is 3.32. The van der Waals surface area contributed by atoms with Gasteiger partial charge in [0.25, 0.3) is 0 Å². The van der Waals surface area contributed by atoms with Crippen molar-refractivity contribution in [3.8, 4) is 11.5 Å². The van der Waals surface area contributed by atoms with E-state index in [2.05, 4.69) is 15.9 Å². The molecule has 0 aliphatic rings. The summed E-state index contributed by atoms with van der Waals surface area (Å²) < 4.78 is 29.2. The molecule has 8 heteroatoms. The van der Waals surface area contributed by atoms with E-state index in [1.807, 2.05) is 13.0 Å². The molecule has 116 valence electrons. The van der Waals surface area contributed by atoms with Crippen LogP contribution in [0.25, 0.3) is 0 Å². The van der Waals surface area contributed by atoms with E-state index in [1.165, 1.54) is 12.1 Å². The lowest BCUT2D eigenvalue weighted by atomic mass is 10.2. The van der Waals surface area contributed by atoms with E-state index in [9.17, 15) is 18.5 Å². The second kappa shape index (κ2) is 6.05. The average Bonchev–Trinajstić information content (AvgIpc) is 2.40. The van der Waals surface area contributed by atoms with Crippen molar-refractivity contribution < 1.29 is 18.1 Å². The van der Waals surface area contributed by atoms with Gasteiger partial charge in [0, 0.05) is 12.3 Å². The molecular weight excluding hydrogens is 374 g/mol. The van der Waals surface area contributed by atoms with Crippen molar-refractivity contribution in [1.29, 1.82) is 0 Å². The zero-order chi connectivity index (χ0) is 16.5. The van der Waals surface area contributed by atoms with E-state index >= 15 is 0 Å². The molecule has 6 nitrogen and oxygen atoms in total. The van der Waals surface area contributed by atoms with E-state index in [4.69, 9.17) is 4.74 Å². The smallest absolute Gasteiger partial charge is 0.312 e.